The molecule has 0 aromatic carbocycles. The summed E-state index contributed by atoms with van der Waals surface area (Å²) in [6.45, 7) is 4.42. The summed E-state index contributed by atoms with van der Waals surface area (Å²) in [4.78, 5) is 0. The standard InChI is InChI=1S/C25H51FO3S/c1-3-5-7-9-11-13-14-15-16-18-20-22-24-25(26,30(27,28)29)23-21-19-17-12-10-8-6-4-2/h3-24H2,1-2H3,(H,27,28,29). The summed E-state index contributed by atoms with van der Waals surface area (Å²) in [5.74, 6) is 0. The maximum atomic E-state index is 14.9. The first kappa shape index (κ1) is 29.8. The lowest BCUT2D eigenvalue weighted by molar-refractivity contribution is 0.203. The molecule has 0 aromatic rings. The van der Waals surface area contributed by atoms with Crippen LogP contribution in [0.2, 0.25) is 0 Å². The molecule has 1 atom stereocenters. The maximum Gasteiger partial charge on any atom is 0.300 e. The van der Waals surface area contributed by atoms with Crippen LogP contribution < -0.4 is 0 Å². The molecule has 0 spiro atoms. The summed E-state index contributed by atoms with van der Waals surface area (Å²) in [7, 11) is -4.65. The molecule has 182 valence electrons. The van der Waals surface area contributed by atoms with E-state index in [0.717, 1.165) is 38.5 Å². The SMILES string of the molecule is CCCCCCCCCCCCCCC(F)(CCCCCCCCCC)S(=O)(=O)O. The molecule has 0 aliphatic carbocycles. The fourth-order valence-electron chi connectivity index (χ4n) is 4.14. The molecule has 30 heavy (non-hydrogen) atoms. The summed E-state index contributed by atoms with van der Waals surface area (Å²) in [6.07, 6.45) is 22.3. The predicted molar refractivity (Wildman–Crippen MR) is 128 cm³/mol. The van der Waals surface area contributed by atoms with Gasteiger partial charge < -0.3 is 0 Å². The summed E-state index contributed by atoms with van der Waals surface area (Å²) >= 11 is 0. The van der Waals surface area contributed by atoms with E-state index in [4.69, 9.17) is 0 Å². The van der Waals surface area contributed by atoms with Crippen LogP contribution in [0.25, 0.3) is 0 Å². The number of hydrogen-bond acceptors (Lipinski definition) is 2. The van der Waals surface area contributed by atoms with Gasteiger partial charge in [-0.25, -0.2) is 4.39 Å². The minimum Gasteiger partial charge on any atom is -0.283 e. The fourth-order valence-corrected chi connectivity index (χ4v) is 4.94. The van der Waals surface area contributed by atoms with Gasteiger partial charge in [-0.05, 0) is 25.7 Å². The largest absolute Gasteiger partial charge is 0.300 e. The van der Waals surface area contributed by atoms with Gasteiger partial charge in [0.25, 0.3) is 10.1 Å². The zero-order chi connectivity index (χ0) is 22.6. The molecule has 3 nitrogen and oxygen atoms in total. The van der Waals surface area contributed by atoms with Crippen LogP contribution in [-0.2, 0) is 10.1 Å². The Morgan fingerprint density at radius 2 is 0.767 bits per heavy atom. The van der Waals surface area contributed by atoms with E-state index in [9.17, 15) is 17.4 Å². The van der Waals surface area contributed by atoms with Crippen molar-refractivity contribution < 1.29 is 17.4 Å². The van der Waals surface area contributed by atoms with E-state index in [-0.39, 0.29) is 12.8 Å². The van der Waals surface area contributed by atoms with Crippen molar-refractivity contribution in [3.8, 4) is 0 Å². The molecule has 0 saturated carbocycles. The quantitative estimate of drug-likeness (QED) is 0.125. The molecule has 0 amide bonds. The van der Waals surface area contributed by atoms with E-state index in [1.807, 2.05) is 0 Å². The van der Waals surface area contributed by atoms with Crippen LogP contribution in [0.15, 0.2) is 0 Å². The molecule has 0 bridgehead atoms. The van der Waals surface area contributed by atoms with Crippen molar-refractivity contribution in [3.63, 3.8) is 0 Å². The molecule has 0 fully saturated rings. The zero-order valence-corrected chi connectivity index (χ0v) is 20.9. The first-order valence-corrected chi connectivity index (χ1v) is 14.5. The predicted octanol–water partition coefficient (Wildman–Crippen LogP) is 9.16. The van der Waals surface area contributed by atoms with Gasteiger partial charge in [0.1, 0.15) is 0 Å². The smallest absolute Gasteiger partial charge is 0.283 e. The summed E-state index contributed by atoms with van der Waals surface area (Å²) < 4.78 is 47.6. The Bertz CT molecular complexity index is 467. The average Bonchev–Trinajstić information content (AvgIpc) is 2.70. The summed E-state index contributed by atoms with van der Waals surface area (Å²) in [6, 6.07) is 0. The molecule has 0 aromatic heterocycles. The van der Waals surface area contributed by atoms with Crippen molar-refractivity contribution in [2.24, 2.45) is 0 Å². The highest BCUT2D eigenvalue weighted by Gasteiger charge is 2.42. The molecule has 0 aliphatic heterocycles. The Morgan fingerprint density at radius 3 is 1.00 bits per heavy atom. The Morgan fingerprint density at radius 1 is 0.533 bits per heavy atom. The molecule has 5 heteroatoms. The van der Waals surface area contributed by atoms with E-state index in [1.54, 1.807) is 0 Å². The van der Waals surface area contributed by atoms with E-state index in [1.165, 1.54) is 77.0 Å². The highest BCUT2D eigenvalue weighted by Crippen LogP contribution is 2.32. The van der Waals surface area contributed by atoms with Crippen molar-refractivity contribution in [1.29, 1.82) is 0 Å². The van der Waals surface area contributed by atoms with Gasteiger partial charge in [-0.15, -0.1) is 0 Å². The second-order valence-electron chi connectivity index (χ2n) is 9.22. The van der Waals surface area contributed by atoms with Crippen molar-refractivity contribution in [2.45, 2.75) is 160 Å². The summed E-state index contributed by atoms with van der Waals surface area (Å²) in [5.41, 5.74) is 0. The van der Waals surface area contributed by atoms with Gasteiger partial charge in [0, 0.05) is 0 Å². The maximum absolute atomic E-state index is 14.9. The Hall–Kier alpha value is -0.160. The molecular weight excluding hydrogens is 399 g/mol. The lowest BCUT2D eigenvalue weighted by Crippen LogP contribution is -2.33. The van der Waals surface area contributed by atoms with Crippen LogP contribution in [-0.4, -0.2) is 18.0 Å². The molecule has 1 N–H and O–H groups in total. The molecule has 0 radical (unpaired) electrons. The van der Waals surface area contributed by atoms with Gasteiger partial charge in [-0.1, -0.05) is 129 Å². The minimum absolute atomic E-state index is 0.0697. The lowest BCUT2D eigenvalue weighted by Gasteiger charge is -2.22. The van der Waals surface area contributed by atoms with Crippen LogP contribution in [0.4, 0.5) is 4.39 Å². The van der Waals surface area contributed by atoms with Crippen LogP contribution in [0, 0.1) is 0 Å². The van der Waals surface area contributed by atoms with Gasteiger partial charge in [0.2, 0.25) is 5.00 Å². The number of halogens is 1. The molecule has 0 rings (SSSR count). The molecule has 0 heterocycles. The van der Waals surface area contributed by atoms with Crippen LogP contribution in [0.3, 0.4) is 0 Å². The number of alkyl halides is 1. The average molecular weight is 451 g/mol. The van der Waals surface area contributed by atoms with Gasteiger partial charge in [-0.3, -0.25) is 4.55 Å². The van der Waals surface area contributed by atoms with Crippen molar-refractivity contribution in [2.75, 3.05) is 0 Å². The lowest BCUT2D eigenvalue weighted by atomic mass is 10.0. The summed E-state index contributed by atoms with van der Waals surface area (Å²) in [5, 5.41) is -2.45. The molecule has 1 unspecified atom stereocenters. The third kappa shape index (κ3) is 16.5. The Balaban J connectivity index is 3.81. The molecule has 0 saturated heterocycles. The molecule has 0 aliphatic rings. The zero-order valence-electron chi connectivity index (χ0n) is 20.1. The molecular formula is C25H51FO3S. The van der Waals surface area contributed by atoms with Crippen LogP contribution in [0.1, 0.15) is 155 Å². The van der Waals surface area contributed by atoms with Gasteiger partial charge >= 0.3 is 0 Å². The fraction of sp³-hybridized carbons (Fsp3) is 1.00. The van der Waals surface area contributed by atoms with Crippen LogP contribution in [0.5, 0.6) is 0 Å². The van der Waals surface area contributed by atoms with E-state index < -0.39 is 15.1 Å². The highest BCUT2D eigenvalue weighted by atomic mass is 32.2. The highest BCUT2D eigenvalue weighted by molar-refractivity contribution is 7.87. The third-order valence-corrected chi connectivity index (χ3v) is 7.60. The number of hydrogen-bond donors (Lipinski definition) is 1. The Labute approximate surface area is 187 Å². The number of unbranched alkanes of at least 4 members (excludes halogenated alkanes) is 18. The normalized spacial score (nSPS) is 14.1. The number of rotatable bonds is 23. The van der Waals surface area contributed by atoms with Crippen molar-refractivity contribution in [3.05, 3.63) is 0 Å². The topological polar surface area (TPSA) is 54.4 Å². The van der Waals surface area contributed by atoms with E-state index in [2.05, 4.69) is 13.8 Å². The second kappa shape index (κ2) is 19.5. The van der Waals surface area contributed by atoms with Gasteiger partial charge in [-0.2, -0.15) is 8.42 Å². The first-order chi connectivity index (χ1) is 14.4. The van der Waals surface area contributed by atoms with Gasteiger partial charge in [0.15, 0.2) is 0 Å². The van der Waals surface area contributed by atoms with Crippen LogP contribution >= 0.6 is 0 Å². The van der Waals surface area contributed by atoms with Crippen molar-refractivity contribution in [1.82, 2.24) is 0 Å². The third-order valence-electron chi connectivity index (χ3n) is 6.27. The van der Waals surface area contributed by atoms with E-state index in [0.29, 0.717) is 12.8 Å². The monoisotopic (exact) mass is 450 g/mol. The van der Waals surface area contributed by atoms with Gasteiger partial charge in [0.05, 0.1) is 0 Å². The minimum atomic E-state index is -4.65. The Kier molecular flexibility index (Phi) is 19.4. The van der Waals surface area contributed by atoms with E-state index >= 15 is 0 Å². The second-order valence-corrected chi connectivity index (χ2v) is 10.9. The first-order valence-electron chi connectivity index (χ1n) is 13.0. The van der Waals surface area contributed by atoms with Crippen molar-refractivity contribution >= 4 is 10.1 Å².